The molecule has 0 spiro atoms. The minimum Gasteiger partial charge on any atom is -0.305 e. The zero-order valence-electron chi connectivity index (χ0n) is 10.2. The minimum atomic E-state index is 0.651. The van der Waals surface area contributed by atoms with E-state index in [-0.39, 0.29) is 0 Å². The topological polar surface area (TPSA) is 15.3 Å². The van der Waals surface area contributed by atoms with E-state index in [1.165, 1.54) is 11.1 Å². The number of aryl methyl sites for hydroxylation is 1. The van der Waals surface area contributed by atoms with Gasteiger partial charge >= 0.3 is 0 Å². The van der Waals surface area contributed by atoms with Crippen LogP contribution in [0.4, 0.5) is 0 Å². The maximum absolute atomic E-state index is 5.16. The zero-order valence-corrected chi connectivity index (χ0v) is 10.2. The average molecular weight is 216 g/mol. The van der Waals surface area contributed by atoms with E-state index < -0.39 is 0 Å². The first kappa shape index (κ1) is 12.8. The summed E-state index contributed by atoms with van der Waals surface area (Å²) in [5, 5.41) is 3.18. The Morgan fingerprint density at radius 1 is 1.31 bits per heavy atom. The number of nitrogens with one attached hydrogen (secondary N) is 1. The van der Waals surface area contributed by atoms with E-state index in [0.29, 0.717) is 6.54 Å². The highest BCUT2D eigenvalue weighted by molar-refractivity contribution is 5.21. The smallest absolute Gasteiger partial charge is 0.0574 e. The lowest BCUT2D eigenvalue weighted by atomic mass is 10.1. The lowest BCUT2D eigenvalue weighted by Crippen LogP contribution is -2.29. The fraction of sp³-hybridized carbons (Fsp3) is 0.429. The predicted octanol–water partition coefficient (Wildman–Crippen LogP) is 1.65. The second-order valence-electron chi connectivity index (χ2n) is 4.10. The largest absolute Gasteiger partial charge is 0.305 e. The SMILES string of the molecule is C#CCNCCN(C)Cc1ccc(C)cc1. The van der Waals surface area contributed by atoms with Crippen LogP contribution in [0.25, 0.3) is 0 Å². The van der Waals surface area contributed by atoms with Crippen LogP contribution in [0.3, 0.4) is 0 Å². The van der Waals surface area contributed by atoms with Gasteiger partial charge in [0.25, 0.3) is 0 Å². The van der Waals surface area contributed by atoms with Crippen LogP contribution < -0.4 is 5.32 Å². The third kappa shape index (κ3) is 4.97. The molecule has 0 saturated heterocycles. The van der Waals surface area contributed by atoms with Gasteiger partial charge in [-0.3, -0.25) is 0 Å². The van der Waals surface area contributed by atoms with Gasteiger partial charge in [0.15, 0.2) is 0 Å². The predicted molar refractivity (Wildman–Crippen MR) is 69.2 cm³/mol. The van der Waals surface area contributed by atoms with E-state index in [0.717, 1.165) is 19.6 Å². The Morgan fingerprint density at radius 3 is 2.62 bits per heavy atom. The molecular formula is C14H20N2. The summed E-state index contributed by atoms with van der Waals surface area (Å²) < 4.78 is 0. The summed E-state index contributed by atoms with van der Waals surface area (Å²) in [6, 6.07) is 8.67. The molecule has 0 aliphatic heterocycles. The van der Waals surface area contributed by atoms with Crippen molar-refractivity contribution in [2.75, 3.05) is 26.7 Å². The molecule has 0 radical (unpaired) electrons. The average Bonchev–Trinajstić information content (AvgIpc) is 2.28. The fourth-order valence-corrected chi connectivity index (χ4v) is 1.51. The molecule has 1 N–H and O–H groups in total. The monoisotopic (exact) mass is 216 g/mol. The number of hydrogen-bond acceptors (Lipinski definition) is 2. The van der Waals surface area contributed by atoms with Gasteiger partial charge in [-0.2, -0.15) is 0 Å². The molecule has 16 heavy (non-hydrogen) atoms. The van der Waals surface area contributed by atoms with Crippen molar-refractivity contribution in [3.8, 4) is 12.3 Å². The number of terminal acetylenes is 1. The summed E-state index contributed by atoms with van der Waals surface area (Å²) in [5.41, 5.74) is 2.66. The van der Waals surface area contributed by atoms with Crippen LogP contribution in [-0.2, 0) is 6.54 Å². The Hall–Kier alpha value is -1.30. The molecule has 1 aromatic rings. The third-order valence-corrected chi connectivity index (χ3v) is 2.47. The third-order valence-electron chi connectivity index (χ3n) is 2.47. The van der Waals surface area contributed by atoms with Crippen molar-refractivity contribution in [3.05, 3.63) is 35.4 Å². The molecule has 1 rings (SSSR count). The second kappa shape index (κ2) is 7.05. The molecule has 0 fully saturated rings. The Kier molecular flexibility index (Phi) is 5.63. The van der Waals surface area contributed by atoms with Gasteiger partial charge in [-0.05, 0) is 19.5 Å². The number of nitrogens with zero attached hydrogens (tertiary/aromatic N) is 1. The van der Waals surface area contributed by atoms with Crippen LogP contribution in [-0.4, -0.2) is 31.6 Å². The molecule has 1 aromatic carbocycles. The van der Waals surface area contributed by atoms with Gasteiger partial charge in [0, 0.05) is 19.6 Å². The summed E-state index contributed by atoms with van der Waals surface area (Å²) in [6.45, 7) is 5.69. The molecule has 0 heterocycles. The summed E-state index contributed by atoms with van der Waals surface area (Å²) in [7, 11) is 2.12. The summed E-state index contributed by atoms with van der Waals surface area (Å²) in [5.74, 6) is 2.57. The lowest BCUT2D eigenvalue weighted by Gasteiger charge is -2.16. The summed E-state index contributed by atoms with van der Waals surface area (Å²) in [4.78, 5) is 2.29. The highest BCUT2D eigenvalue weighted by Gasteiger charge is 1.99. The zero-order chi connectivity index (χ0) is 11.8. The quantitative estimate of drug-likeness (QED) is 0.574. The second-order valence-corrected chi connectivity index (χ2v) is 4.10. The molecule has 0 saturated carbocycles. The Balaban J connectivity index is 2.26. The summed E-state index contributed by atoms with van der Waals surface area (Å²) in [6.07, 6.45) is 5.16. The van der Waals surface area contributed by atoms with Gasteiger partial charge in [0.1, 0.15) is 0 Å². The number of likely N-dealkylation sites (N-methyl/N-ethyl adjacent to an activating group) is 1. The lowest BCUT2D eigenvalue weighted by molar-refractivity contribution is 0.327. The van der Waals surface area contributed by atoms with Gasteiger partial charge in [-0.25, -0.2) is 0 Å². The maximum Gasteiger partial charge on any atom is 0.0574 e. The van der Waals surface area contributed by atoms with E-state index in [4.69, 9.17) is 6.42 Å². The normalized spacial score (nSPS) is 10.4. The van der Waals surface area contributed by atoms with Crippen molar-refractivity contribution in [1.82, 2.24) is 10.2 Å². The van der Waals surface area contributed by atoms with Crippen LogP contribution in [0, 0.1) is 19.3 Å². The highest BCUT2D eigenvalue weighted by Crippen LogP contribution is 2.05. The van der Waals surface area contributed by atoms with Crippen molar-refractivity contribution < 1.29 is 0 Å². The van der Waals surface area contributed by atoms with Crippen LogP contribution in [0.1, 0.15) is 11.1 Å². The number of hydrogen-bond donors (Lipinski definition) is 1. The standard InChI is InChI=1S/C14H20N2/c1-4-9-15-10-11-16(3)12-14-7-5-13(2)6-8-14/h1,5-8,15H,9-12H2,2-3H3. The van der Waals surface area contributed by atoms with E-state index in [1.807, 2.05) is 0 Å². The van der Waals surface area contributed by atoms with E-state index >= 15 is 0 Å². The maximum atomic E-state index is 5.16. The molecule has 0 aliphatic rings. The van der Waals surface area contributed by atoms with Crippen molar-refractivity contribution >= 4 is 0 Å². The summed E-state index contributed by atoms with van der Waals surface area (Å²) >= 11 is 0. The van der Waals surface area contributed by atoms with Gasteiger partial charge < -0.3 is 10.2 Å². The molecule has 0 aliphatic carbocycles. The Morgan fingerprint density at radius 2 is 2.00 bits per heavy atom. The van der Waals surface area contributed by atoms with Crippen LogP contribution >= 0.6 is 0 Å². The van der Waals surface area contributed by atoms with Crippen molar-refractivity contribution in [2.45, 2.75) is 13.5 Å². The molecule has 0 atom stereocenters. The van der Waals surface area contributed by atoms with E-state index in [9.17, 15) is 0 Å². The number of benzene rings is 1. The van der Waals surface area contributed by atoms with E-state index in [2.05, 4.69) is 54.4 Å². The van der Waals surface area contributed by atoms with Crippen LogP contribution in [0.2, 0.25) is 0 Å². The highest BCUT2D eigenvalue weighted by atomic mass is 15.1. The molecule has 2 nitrogen and oxygen atoms in total. The molecule has 86 valence electrons. The van der Waals surface area contributed by atoms with Crippen molar-refractivity contribution in [3.63, 3.8) is 0 Å². The van der Waals surface area contributed by atoms with Crippen molar-refractivity contribution in [1.29, 1.82) is 0 Å². The molecule has 2 heteroatoms. The van der Waals surface area contributed by atoms with Gasteiger partial charge in [0.2, 0.25) is 0 Å². The van der Waals surface area contributed by atoms with E-state index in [1.54, 1.807) is 0 Å². The number of rotatable bonds is 6. The first-order valence-corrected chi connectivity index (χ1v) is 5.60. The fourth-order valence-electron chi connectivity index (χ4n) is 1.51. The Labute approximate surface area is 98.7 Å². The van der Waals surface area contributed by atoms with Gasteiger partial charge in [-0.1, -0.05) is 35.7 Å². The van der Waals surface area contributed by atoms with Gasteiger partial charge in [0.05, 0.1) is 6.54 Å². The molecule has 0 amide bonds. The molecule has 0 unspecified atom stereocenters. The first-order valence-electron chi connectivity index (χ1n) is 5.60. The Bertz CT molecular complexity index is 335. The molecule has 0 aromatic heterocycles. The molecular weight excluding hydrogens is 196 g/mol. The van der Waals surface area contributed by atoms with Crippen LogP contribution in [0.15, 0.2) is 24.3 Å². The minimum absolute atomic E-state index is 0.651. The van der Waals surface area contributed by atoms with Crippen LogP contribution in [0.5, 0.6) is 0 Å². The first-order chi connectivity index (χ1) is 7.72. The van der Waals surface area contributed by atoms with Gasteiger partial charge in [-0.15, -0.1) is 6.42 Å². The molecule has 0 bridgehead atoms. The van der Waals surface area contributed by atoms with Crippen molar-refractivity contribution in [2.24, 2.45) is 0 Å².